The fourth-order valence-corrected chi connectivity index (χ4v) is 4.19. The van der Waals surface area contributed by atoms with Gasteiger partial charge in [-0.05, 0) is 56.4 Å². The van der Waals surface area contributed by atoms with Crippen molar-refractivity contribution in [3.63, 3.8) is 0 Å². The van der Waals surface area contributed by atoms with Crippen molar-refractivity contribution in [2.75, 3.05) is 31.2 Å². The van der Waals surface area contributed by atoms with Crippen LogP contribution in [0.1, 0.15) is 28.4 Å². The lowest BCUT2D eigenvalue weighted by Gasteiger charge is -2.08. The maximum absolute atomic E-state index is 15.0. The molecule has 0 spiro atoms. The van der Waals surface area contributed by atoms with Gasteiger partial charge in [0.2, 0.25) is 5.95 Å². The van der Waals surface area contributed by atoms with Crippen LogP contribution in [0.5, 0.6) is 0 Å². The van der Waals surface area contributed by atoms with E-state index in [1.807, 2.05) is 6.07 Å². The quantitative estimate of drug-likeness (QED) is 0.326. The molecular formula is C26H26FN7O2. The molecule has 1 unspecified atom stereocenters. The highest BCUT2D eigenvalue weighted by molar-refractivity contribution is 6.04. The van der Waals surface area contributed by atoms with Crippen molar-refractivity contribution in [2.24, 2.45) is 0 Å². The zero-order valence-corrected chi connectivity index (χ0v) is 19.8. The van der Waals surface area contributed by atoms with Crippen molar-refractivity contribution in [3.05, 3.63) is 84.6 Å². The number of fused-ring (bicyclic) bond motifs is 1. The van der Waals surface area contributed by atoms with Gasteiger partial charge in [-0.1, -0.05) is 18.7 Å². The molecule has 1 aliphatic rings. The molecular weight excluding hydrogens is 461 g/mol. The van der Waals surface area contributed by atoms with Crippen LogP contribution < -0.4 is 11.1 Å². The summed E-state index contributed by atoms with van der Waals surface area (Å²) in [6.45, 7) is 5.00. The van der Waals surface area contributed by atoms with Gasteiger partial charge in [0, 0.05) is 30.4 Å². The molecule has 1 aliphatic heterocycles. The molecule has 0 radical (unpaired) electrons. The third-order valence-electron chi connectivity index (χ3n) is 5.86. The Morgan fingerprint density at radius 1 is 1.22 bits per heavy atom. The van der Waals surface area contributed by atoms with Crippen molar-refractivity contribution in [1.29, 1.82) is 0 Å². The van der Waals surface area contributed by atoms with Crippen LogP contribution in [0.4, 0.5) is 16.2 Å². The Labute approximate surface area is 207 Å². The van der Waals surface area contributed by atoms with Gasteiger partial charge in [-0.25, -0.2) is 19.3 Å². The molecule has 3 aromatic heterocycles. The van der Waals surface area contributed by atoms with Gasteiger partial charge in [0.25, 0.3) is 5.91 Å². The van der Waals surface area contributed by atoms with Crippen LogP contribution in [0.25, 0.3) is 16.9 Å². The average Bonchev–Trinajstić information content (AvgIpc) is 3.49. The molecule has 0 saturated carbocycles. The molecule has 10 heteroatoms. The molecule has 1 fully saturated rings. The summed E-state index contributed by atoms with van der Waals surface area (Å²) in [7, 11) is 2.08. The molecule has 36 heavy (non-hydrogen) atoms. The molecule has 0 bridgehead atoms. The standard InChI is InChI=1S/C23H22FN7O.C3H4O/c1-30-11-8-15(13-30)20-18-7-10-27-23(25)31(18)21(29-20)14-5-6-16(17(24)12-14)22(32)28-19-4-2-3-9-26-19;1-2-3-4/h2-7,9-10,12,15H,8,11,13H2,1H3,(H2,25,27)(H,26,28,32);2-3H,1H2. The van der Waals surface area contributed by atoms with E-state index in [0.717, 1.165) is 30.7 Å². The van der Waals surface area contributed by atoms with Crippen molar-refractivity contribution >= 4 is 29.5 Å². The number of aromatic nitrogens is 4. The number of nitrogens with one attached hydrogen (secondary N) is 1. The molecule has 0 aliphatic carbocycles. The first-order valence-electron chi connectivity index (χ1n) is 11.3. The summed E-state index contributed by atoms with van der Waals surface area (Å²) in [6.07, 6.45) is 6.03. The number of likely N-dealkylation sites (tertiary alicyclic amines) is 1. The zero-order valence-electron chi connectivity index (χ0n) is 19.8. The fourth-order valence-electron chi connectivity index (χ4n) is 4.19. The lowest BCUT2D eigenvalue weighted by Crippen LogP contribution is -2.14. The van der Waals surface area contributed by atoms with Crippen LogP contribution in [0.3, 0.4) is 0 Å². The Kier molecular flexibility index (Phi) is 7.45. The lowest BCUT2D eigenvalue weighted by molar-refractivity contribution is -0.104. The van der Waals surface area contributed by atoms with Crippen LogP contribution in [0.15, 0.2) is 67.5 Å². The van der Waals surface area contributed by atoms with E-state index in [-0.39, 0.29) is 17.4 Å². The van der Waals surface area contributed by atoms with Crippen molar-refractivity contribution < 1.29 is 14.0 Å². The number of amides is 1. The molecule has 5 rings (SSSR count). The number of imidazole rings is 1. The van der Waals surface area contributed by atoms with Crippen molar-refractivity contribution in [2.45, 2.75) is 12.3 Å². The fraction of sp³-hybridized carbons (Fsp3) is 0.192. The Morgan fingerprint density at radius 3 is 2.67 bits per heavy atom. The maximum atomic E-state index is 15.0. The minimum atomic E-state index is -0.655. The number of nitrogen functional groups attached to an aromatic ring is 1. The highest BCUT2D eigenvalue weighted by Gasteiger charge is 2.27. The minimum Gasteiger partial charge on any atom is -0.369 e. The molecule has 4 heterocycles. The summed E-state index contributed by atoms with van der Waals surface area (Å²) in [4.78, 5) is 36.9. The van der Waals surface area contributed by atoms with Crippen LogP contribution in [-0.4, -0.2) is 56.6 Å². The number of likely N-dealkylation sites (N-methyl/N-ethyl adjacent to an activating group) is 1. The van der Waals surface area contributed by atoms with Crippen LogP contribution in [-0.2, 0) is 4.79 Å². The van der Waals surface area contributed by atoms with Gasteiger partial charge < -0.3 is 16.0 Å². The van der Waals surface area contributed by atoms with Crippen molar-refractivity contribution in [1.82, 2.24) is 24.3 Å². The number of halogens is 1. The Morgan fingerprint density at radius 2 is 2.03 bits per heavy atom. The number of rotatable bonds is 5. The number of allylic oxidation sites excluding steroid dienone is 1. The molecule has 1 aromatic carbocycles. The molecule has 9 nitrogen and oxygen atoms in total. The maximum Gasteiger partial charge on any atom is 0.259 e. The van der Waals surface area contributed by atoms with Gasteiger partial charge in [0.1, 0.15) is 23.7 Å². The van der Waals surface area contributed by atoms with E-state index in [0.29, 0.717) is 23.5 Å². The van der Waals surface area contributed by atoms with E-state index in [1.165, 1.54) is 18.2 Å². The SMILES string of the molecule is C=CC=O.CN1CCC(c2nc(-c3ccc(C(=O)Nc4ccccn4)c(F)c3)n3c(N)nccc23)C1. The van der Waals surface area contributed by atoms with Gasteiger partial charge in [0.15, 0.2) is 0 Å². The van der Waals surface area contributed by atoms with E-state index < -0.39 is 11.7 Å². The third-order valence-corrected chi connectivity index (χ3v) is 5.86. The van der Waals surface area contributed by atoms with Crippen LogP contribution in [0, 0.1) is 5.82 Å². The average molecular weight is 488 g/mol. The van der Waals surface area contributed by atoms with Gasteiger partial charge in [-0.3, -0.25) is 14.0 Å². The van der Waals surface area contributed by atoms with Gasteiger partial charge >= 0.3 is 0 Å². The smallest absolute Gasteiger partial charge is 0.259 e. The second-order valence-electron chi connectivity index (χ2n) is 8.33. The van der Waals surface area contributed by atoms with E-state index >= 15 is 0 Å². The topological polar surface area (TPSA) is 119 Å². The zero-order chi connectivity index (χ0) is 25.7. The number of carbonyl (C=O) groups excluding carboxylic acids is 2. The number of hydrogen-bond acceptors (Lipinski definition) is 7. The summed E-state index contributed by atoms with van der Waals surface area (Å²) in [6, 6.07) is 11.4. The second kappa shape index (κ2) is 10.9. The summed E-state index contributed by atoms with van der Waals surface area (Å²) >= 11 is 0. The largest absolute Gasteiger partial charge is 0.369 e. The number of nitrogens with zero attached hydrogens (tertiary/aromatic N) is 5. The molecule has 3 N–H and O–H groups in total. The molecule has 184 valence electrons. The predicted molar refractivity (Wildman–Crippen MR) is 136 cm³/mol. The van der Waals surface area contributed by atoms with E-state index in [9.17, 15) is 9.18 Å². The number of nitrogens with two attached hydrogens (primary N) is 1. The summed E-state index contributed by atoms with van der Waals surface area (Å²) in [5.41, 5.74) is 8.40. The summed E-state index contributed by atoms with van der Waals surface area (Å²) in [5.74, 6) is 0.170. The van der Waals surface area contributed by atoms with E-state index in [4.69, 9.17) is 15.5 Å². The minimum absolute atomic E-state index is 0.0796. The highest BCUT2D eigenvalue weighted by Crippen LogP contribution is 2.33. The first-order chi connectivity index (χ1) is 17.4. The second-order valence-corrected chi connectivity index (χ2v) is 8.33. The van der Waals surface area contributed by atoms with Crippen molar-refractivity contribution in [3.8, 4) is 11.4 Å². The first-order valence-corrected chi connectivity index (χ1v) is 11.3. The van der Waals surface area contributed by atoms with Crippen LogP contribution in [0.2, 0.25) is 0 Å². The van der Waals surface area contributed by atoms with Gasteiger partial charge in [-0.2, -0.15) is 0 Å². The van der Waals surface area contributed by atoms with E-state index in [2.05, 4.69) is 33.8 Å². The Bertz CT molecular complexity index is 1400. The number of aldehydes is 1. The van der Waals surface area contributed by atoms with Gasteiger partial charge in [-0.15, -0.1) is 0 Å². The third kappa shape index (κ3) is 5.13. The predicted octanol–water partition coefficient (Wildman–Crippen LogP) is 3.56. The molecule has 4 aromatic rings. The molecule has 1 atom stereocenters. The first kappa shape index (κ1) is 24.7. The molecule has 1 amide bonds. The number of hydrogen-bond donors (Lipinski definition) is 2. The van der Waals surface area contributed by atoms with E-state index in [1.54, 1.807) is 41.1 Å². The molecule has 1 saturated heterocycles. The van der Waals surface area contributed by atoms with Crippen LogP contribution >= 0.6 is 0 Å². The lowest BCUT2D eigenvalue weighted by atomic mass is 10.0. The number of benzene rings is 1. The Hall–Kier alpha value is -4.44. The normalized spacial score (nSPS) is 15.2. The number of anilines is 2. The summed E-state index contributed by atoms with van der Waals surface area (Å²) < 4.78 is 16.7. The highest BCUT2D eigenvalue weighted by atomic mass is 19.1. The number of carbonyl (C=O) groups is 2. The van der Waals surface area contributed by atoms with Gasteiger partial charge in [0.05, 0.1) is 16.8 Å². The monoisotopic (exact) mass is 487 g/mol. The number of pyridine rings is 1. The summed E-state index contributed by atoms with van der Waals surface area (Å²) in [5, 5.41) is 2.60. The Balaban J connectivity index is 0.000000709.